The standard InChI is InChI=1S/C11H12Cl2N2OS/c12-8-5-9(13)7-10(6-8)14-11(17)15-1-3-16-4-2-15/h5-7H,1-4H2,(H,14,17). The summed E-state index contributed by atoms with van der Waals surface area (Å²) in [6.45, 7) is 3.02. The van der Waals surface area contributed by atoms with E-state index in [1.165, 1.54) is 0 Å². The molecule has 2 rings (SSSR count). The summed E-state index contributed by atoms with van der Waals surface area (Å²) in [5.41, 5.74) is 0.805. The molecule has 17 heavy (non-hydrogen) atoms. The molecule has 0 bridgehead atoms. The summed E-state index contributed by atoms with van der Waals surface area (Å²) in [6, 6.07) is 5.27. The molecule has 1 N–H and O–H groups in total. The first-order chi connectivity index (χ1) is 8.15. The number of hydrogen-bond acceptors (Lipinski definition) is 2. The fraction of sp³-hybridized carbons (Fsp3) is 0.364. The van der Waals surface area contributed by atoms with Gasteiger partial charge in [0.2, 0.25) is 0 Å². The number of halogens is 2. The molecule has 6 heteroatoms. The van der Waals surface area contributed by atoms with Crippen molar-refractivity contribution in [3.8, 4) is 0 Å². The highest BCUT2D eigenvalue weighted by Crippen LogP contribution is 2.22. The van der Waals surface area contributed by atoms with Gasteiger partial charge in [-0.2, -0.15) is 0 Å². The van der Waals surface area contributed by atoms with E-state index in [4.69, 9.17) is 40.2 Å². The molecule has 0 aliphatic carbocycles. The van der Waals surface area contributed by atoms with Crippen molar-refractivity contribution in [3.63, 3.8) is 0 Å². The molecule has 1 aromatic carbocycles. The number of benzene rings is 1. The Labute approximate surface area is 116 Å². The summed E-state index contributed by atoms with van der Waals surface area (Å²) in [5.74, 6) is 0. The molecule has 0 atom stereocenters. The molecule has 0 aromatic heterocycles. The molecule has 1 fully saturated rings. The molecular formula is C11H12Cl2N2OS. The van der Waals surface area contributed by atoms with Crippen LogP contribution in [0.2, 0.25) is 10.0 Å². The Hall–Kier alpha value is -0.550. The van der Waals surface area contributed by atoms with Gasteiger partial charge in [0.05, 0.1) is 13.2 Å². The summed E-state index contributed by atoms with van der Waals surface area (Å²) in [7, 11) is 0. The third-order valence-electron chi connectivity index (χ3n) is 2.41. The molecule has 1 aliphatic rings. The number of anilines is 1. The van der Waals surface area contributed by atoms with Gasteiger partial charge in [0.25, 0.3) is 0 Å². The molecule has 0 amide bonds. The van der Waals surface area contributed by atoms with Crippen LogP contribution in [-0.2, 0) is 4.74 Å². The van der Waals surface area contributed by atoms with Crippen LogP contribution in [0, 0.1) is 0 Å². The van der Waals surface area contributed by atoms with Gasteiger partial charge in [0.1, 0.15) is 0 Å². The average Bonchev–Trinajstić information content (AvgIpc) is 2.28. The maximum Gasteiger partial charge on any atom is 0.173 e. The van der Waals surface area contributed by atoms with Crippen LogP contribution in [0.25, 0.3) is 0 Å². The Kier molecular flexibility index (Phi) is 4.45. The van der Waals surface area contributed by atoms with Gasteiger partial charge in [-0.15, -0.1) is 0 Å². The second kappa shape index (κ2) is 5.87. The van der Waals surface area contributed by atoms with Crippen molar-refractivity contribution in [1.29, 1.82) is 0 Å². The molecule has 92 valence electrons. The van der Waals surface area contributed by atoms with E-state index in [1.54, 1.807) is 18.2 Å². The van der Waals surface area contributed by atoms with E-state index in [1.807, 2.05) is 0 Å². The number of rotatable bonds is 1. The summed E-state index contributed by atoms with van der Waals surface area (Å²) in [4.78, 5) is 2.06. The molecule has 3 nitrogen and oxygen atoms in total. The van der Waals surface area contributed by atoms with E-state index in [9.17, 15) is 0 Å². The van der Waals surface area contributed by atoms with Gasteiger partial charge in [-0.3, -0.25) is 0 Å². The van der Waals surface area contributed by atoms with Gasteiger partial charge in [-0.05, 0) is 30.4 Å². The van der Waals surface area contributed by atoms with Gasteiger partial charge in [0.15, 0.2) is 5.11 Å². The monoisotopic (exact) mass is 290 g/mol. The minimum atomic E-state index is 0.588. The molecule has 1 aliphatic heterocycles. The SMILES string of the molecule is S=C(Nc1cc(Cl)cc(Cl)c1)N1CCOCC1. The normalized spacial score (nSPS) is 15.8. The number of hydrogen-bond donors (Lipinski definition) is 1. The minimum absolute atomic E-state index is 0.588. The third kappa shape index (κ3) is 3.71. The molecule has 1 aromatic rings. The number of morpholine rings is 1. The van der Waals surface area contributed by atoms with Crippen LogP contribution in [-0.4, -0.2) is 36.3 Å². The van der Waals surface area contributed by atoms with Crippen LogP contribution >= 0.6 is 35.4 Å². The first kappa shape index (κ1) is 12.9. The first-order valence-corrected chi connectivity index (χ1v) is 6.41. The van der Waals surface area contributed by atoms with E-state index in [0.717, 1.165) is 18.8 Å². The second-order valence-electron chi connectivity index (χ2n) is 3.69. The molecule has 0 unspecified atom stereocenters. The lowest BCUT2D eigenvalue weighted by Gasteiger charge is -2.29. The van der Waals surface area contributed by atoms with E-state index in [-0.39, 0.29) is 0 Å². The Bertz CT molecular complexity index is 402. The van der Waals surface area contributed by atoms with Crippen LogP contribution in [0.3, 0.4) is 0 Å². The lowest BCUT2D eigenvalue weighted by Crippen LogP contribution is -2.42. The van der Waals surface area contributed by atoms with Crippen LogP contribution in [0.1, 0.15) is 0 Å². The highest BCUT2D eigenvalue weighted by molar-refractivity contribution is 7.80. The maximum absolute atomic E-state index is 5.92. The van der Waals surface area contributed by atoms with Crippen LogP contribution < -0.4 is 5.32 Å². The maximum atomic E-state index is 5.92. The predicted octanol–water partition coefficient (Wildman–Crippen LogP) is 3.02. The first-order valence-electron chi connectivity index (χ1n) is 5.25. The molecule has 1 heterocycles. The summed E-state index contributed by atoms with van der Waals surface area (Å²) >= 11 is 17.2. The molecule has 0 saturated carbocycles. The number of nitrogens with one attached hydrogen (secondary N) is 1. The number of nitrogens with zero attached hydrogens (tertiary/aromatic N) is 1. The molecule has 0 spiro atoms. The molecular weight excluding hydrogens is 279 g/mol. The van der Waals surface area contributed by atoms with Crippen molar-refractivity contribution in [1.82, 2.24) is 4.90 Å². The minimum Gasteiger partial charge on any atom is -0.378 e. The van der Waals surface area contributed by atoms with Gasteiger partial charge in [-0.1, -0.05) is 23.2 Å². The summed E-state index contributed by atoms with van der Waals surface area (Å²) in [6.07, 6.45) is 0. The fourth-order valence-corrected chi connectivity index (χ4v) is 2.42. The third-order valence-corrected chi connectivity index (χ3v) is 3.21. The fourth-order valence-electron chi connectivity index (χ4n) is 1.59. The van der Waals surface area contributed by atoms with Gasteiger partial charge in [-0.25, -0.2) is 0 Å². The zero-order chi connectivity index (χ0) is 12.3. The molecule has 1 saturated heterocycles. The van der Waals surface area contributed by atoms with Crippen molar-refractivity contribution < 1.29 is 4.74 Å². The van der Waals surface area contributed by atoms with Crippen molar-refractivity contribution in [2.24, 2.45) is 0 Å². The van der Waals surface area contributed by atoms with E-state index < -0.39 is 0 Å². The van der Waals surface area contributed by atoms with E-state index in [0.29, 0.717) is 28.4 Å². The lowest BCUT2D eigenvalue weighted by molar-refractivity contribution is 0.0690. The summed E-state index contributed by atoms with van der Waals surface area (Å²) in [5, 5.41) is 4.97. The van der Waals surface area contributed by atoms with Crippen molar-refractivity contribution in [2.75, 3.05) is 31.6 Å². The zero-order valence-corrected chi connectivity index (χ0v) is 11.4. The highest BCUT2D eigenvalue weighted by Gasteiger charge is 2.13. The zero-order valence-electron chi connectivity index (χ0n) is 9.08. The van der Waals surface area contributed by atoms with Crippen molar-refractivity contribution in [3.05, 3.63) is 28.2 Å². The second-order valence-corrected chi connectivity index (χ2v) is 4.95. The topological polar surface area (TPSA) is 24.5 Å². The number of ether oxygens (including phenoxy) is 1. The Morgan fingerprint density at radius 2 is 1.76 bits per heavy atom. The van der Waals surface area contributed by atoms with E-state index >= 15 is 0 Å². The summed E-state index contributed by atoms with van der Waals surface area (Å²) < 4.78 is 5.27. The highest BCUT2D eigenvalue weighted by atomic mass is 35.5. The van der Waals surface area contributed by atoms with Crippen LogP contribution in [0.4, 0.5) is 5.69 Å². The lowest BCUT2D eigenvalue weighted by atomic mass is 10.3. The van der Waals surface area contributed by atoms with Crippen LogP contribution in [0.5, 0.6) is 0 Å². The molecule has 0 radical (unpaired) electrons. The van der Waals surface area contributed by atoms with Gasteiger partial charge >= 0.3 is 0 Å². The van der Waals surface area contributed by atoms with E-state index in [2.05, 4.69) is 10.2 Å². The smallest absolute Gasteiger partial charge is 0.173 e. The average molecular weight is 291 g/mol. The Balaban J connectivity index is 2.01. The van der Waals surface area contributed by atoms with Gasteiger partial charge < -0.3 is 15.0 Å². The Morgan fingerprint density at radius 1 is 1.18 bits per heavy atom. The van der Waals surface area contributed by atoms with Crippen molar-refractivity contribution >= 4 is 46.2 Å². The Morgan fingerprint density at radius 3 is 2.35 bits per heavy atom. The largest absolute Gasteiger partial charge is 0.378 e. The van der Waals surface area contributed by atoms with Gasteiger partial charge in [0, 0.05) is 28.8 Å². The van der Waals surface area contributed by atoms with Crippen LogP contribution in [0.15, 0.2) is 18.2 Å². The number of thiocarbonyl (C=S) groups is 1. The quantitative estimate of drug-likeness (QED) is 0.804. The van der Waals surface area contributed by atoms with Crippen molar-refractivity contribution in [2.45, 2.75) is 0 Å². The predicted molar refractivity (Wildman–Crippen MR) is 75.1 cm³/mol.